The van der Waals surface area contributed by atoms with E-state index in [0.717, 1.165) is 66.5 Å². The van der Waals surface area contributed by atoms with Gasteiger partial charge in [-0.15, -0.1) is 0 Å². The summed E-state index contributed by atoms with van der Waals surface area (Å²) in [4.78, 5) is 0. The number of fused-ring (bicyclic) bond motifs is 6. The molecule has 0 spiro atoms. The first-order chi connectivity index (χ1) is 24.7. The van der Waals surface area contributed by atoms with Gasteiger partial charge in [0.05, 0.1) is 62.7 Å². The molecular formula is C45H25N5. The van der Waals surface area contributed by atoms with E-state index in [1.165, 1.54) is 10.8 Å². The molecule has 0 bridgehead atoms. The predicted molar refractivity (Wildman–Crippen MR) is 200 cm³/mol. The first-order valence-corrected chi connectivity index (χ1v) is 16.3. The summed E-state index contributed by atoms with van der Waals surface area (Å²) in [6.07, 6.45) is 0. The lowest BCUT2D eigenvalue weighted by molar-refractivity contribution is 1.18. The topological polar surface area (TPSA) is 81.2 Å². The van der Waals surface area contributed by atoms with Gasteiger partial charge in [-0.3, -0.25) is 0 Å². The van der Waals surface area contributed by atoms with Crippen molar-refractivity contribution < 1.29 is 0 Å². The fraction of sp³-hybridized carbons (Fsp3) is 0. The zero-order valence-electron chi connectivity index (χ0n) is 26.7. The van der Waals surface area contributed by atoms with E-state index in [1.54, 1.807) is 12.1 Å². The first kappa shape index (κ1) is 28.8. The Kier molecular flexibility index (Phi) is 6.56. The highest BCUT2D eigenvalue weighted by Gasteiger charge is 2.20. The summed E-state index contributed by atoms with van der Waals surface area (Å²) in [5.41, 5.74) is 11.4. The maximum atomic E-state index is 10.3. The Bertz CT molecular complexity index is 2900. The van der Waals surface area contributed by atoms with Crippen LogP contribution in [0.5, 0.6) is 0 Å². The van der Waals surface area contributed by atoms with E-state index >= 15 is 0 Å². The Morgan fingerprint density at radius 1 is 0.400 bits per heavy atom. The summed E-state index contributed by atoms with van der Waals surface area (Å²) in [5.74, 6) is 0. The molecule has 230 valence electrons. The molecule has 0 N–H and O–H groups in total. The third kappa shape index (κ3) is 4.31. The van der Waals surface area contributed by atoms with Crippen molar-refractivity contribution in [3.05, 3.63) is 168 Å². The molecule has 0 saturated carbocycles. The van der Waals surface area contributed by atoms with Gasteiger partial charge in [0.2, 0.25) is 0 Å². The third-order valence-electron chi connectivity index (χ3n) is 9.65. The summed E-state index contributed by atoms with van der Waals surface area (Å²) < 4.78 is 4.44. The van der Waals surface area contributed by atoms with Crippen LogP contribution in [-0.4, -0.2) is 9.13 Å². The van der Waals surface area contributed by atoms with E-state index in [-0.39, 0.29) is 0 Å². The second-order valence-electron chi connectivity index (χ2n) is 12.3. The van der Waals surface area contributed by atoms with Gasteiger partial charge in [-0.1, -0.05) is 78.9 Å². The van der Waals surface area contributed by atoms with Gasteiger partial charge in [-0.05, 0) is 83.9 Å². The fourth-order valence-electron chi connectivity index (χ4n) is 7.44. The lowest BCUT2D eigenvalue weighted by Crippen LogP contribution is -1.98. The van der Waals surface area contributed by atoms with Gasteiger partial charge in [0.25, 0.3) is 0 Å². The second-order valence-corrected chi connectivity index (χ2v) is 12.3. The average Bonchev–Trinajstić information content (AvgIpc) is 3.70. The number of nitrogens with zero attached hydrogens (tertiary/aromatic N) is 5. The molecule has 0 aliphatic carbocycles. The van der Waals surface area contributed by atoms with E-state index in [4.69, 9.17) is 0 Å². The average molecular weight is 636 g/mol. The molecule has 5 nitrogen and oxygen atoms in total. The van der Waals surface area contributed by atoms with E-state index in [0.29, 0.717) is 16.7 Å². The van der Waals surface area contributed by atoms with Crippen molar-refractivity contribution >= 4 is 43.6 Å². The largest absolute Gasteiger partial charge is 0.309 e. The van der Waals surface area contributed by atoms with Crippen LogP contribution in [0.2, 0.25) is 0 Å². The van der Waals surface area contributed by atoms with Crippen LogP contribution in [0.1, 0.15) is 16.7 Å². The minimum Gasteiger partial charge on any atom is -0.309 e. The Morgan fingerprint density at radius 3 is 1.76 bits per heavy atom. The fourth-order valence-corrected chi connectivity index (χ4v) is 7.44. The molecular weight excluding hydrogens is 611 g/mol. The number of para-hydroxylation sites is 3. The highest BCUT2D eigenvalue weighted by Crippen LogP contribution is 2.40. The van der Waals surface area contributed by atoms with Crippen molar-refractivity contribution in [1.29, 1.82) is 15.8 Å². The van der Waals surface area contributed by atoms with E-state index < -0.39 is 0 Å². The second kappa shape index (κ2) is 11.4. The maximum absolute atomic E-state index is 10.3. The highest BCUT2D eigenvalue weighted by molar-refractivity contribution is 6.13. The molecule has 0 radical (unpaired) electrons. The van der Waals surface area contributed by atoms with Crippen LogP contribution in [-0.2, 0) is 0 Å². The van der Waals surface area contributed by atoms with Crippen LogP contribution in [0.4, 0.5) is 0 Å². The monoisotopic (exact) mass is 635 g/mol. The number of hydrogen-bond donors (Lipinski definition) is 0. The first-order valence-electron chi connectivity index (χ1n) is 16.3. The normalized spacial score (nSPS) is 11.1. The number of rotatable bonds is 4. The lowest BCUT2D eigenvalue weighted by Gasteiger charge is -2.16. The molecule has 5 heteroatoms. The molecule has 2 heterocycles. The molecule has 0 aliphatic rings. The minimum absolute atomic E-state index is 0.529. The van der Waals surface area contributed by atoms with Crippen LogP contribution in [0.15, 0.2) is 152 Å². The molecule has 0 fully saturated rings. The van der Waals surface area contributed by atoms with Crippen LogP contribution in [0, 0.1) is 34.0 Å². The van der Waals surface area contributed by atoms with E-state index in [9.17, 15) is 15.8 Å². The van der Waals surface area contributed by atoms with E-state index in [1.807, 2.05) is 60.7 Å². The zero-order valence-corrected chi connectivity index (χ0v) is 26.7. The molecule has 7 aromatic carbocycles. The van der Waals surface area contributed by atoms with Gasteiger partial charge in [0.15, 0.2) is 0 Å². The van der Waals surface area contributed by atoms with Crippen molar-refractivity contribution in [2.75, 3.05) is 0 Å². The van der Waals surface area contributed by atoms with Crippen molar-refractivity contribution in [1.82, 2.24) is 9.13 Å². The predicted octanol–water partition coefficient (Wildman–Crippen LogP) is 10.8. The van der Waals surface area contributed by atoms with Gasteiger partial charge in [0, 0.05) is 38.4 Å². The summed E-state index contributed by atoms with van der Waals surface area (Å²) in [7, 11) is 0. The van der Waals surface area contributed by atoms with Crippen molar-refractivity contribution in [3.63, 3.8) is 0 Å². The molecule has 0 amide bonds. The molecule has 0 saturated heterocycles. The Labute approximate surface area is 287 Å². The smallest absolute Gasteiger partial charge is 0.0998 e. The minimum atomic E-state index is 0.529. The number of nitriles is 3. The molecule has 50 heavy (non-hydrogen) atoms. The molecule has 2 aromatic heterocycles. The molecule has 9 rings (SSSR count). The van der Waals surface area contributed by atoms with Crippen LogP contribution in [0.3, 0.4) is 0 Å². The van der Waals surface area contributed by atoms with Crippen molar-refractivity contribution in [2.24, 2.45) is 0 Å². The van der Waals surface area contributed by atoms with Crippen LogP contribution < -0.4 is 0 Å². The molecule has 0 aliphatic heterocycles. The molecule has 0 unspecified atom stereocenters. The quantitative estimate of drug-likeness (QED) is 0.193. The van der Waals surface area contributed by atoms with E-state index in [2.05, 4.69) is 106 Å². The standard InChI is InChI=1S/C45H25N5/c46-26-29-16-23-43-39(24-29)45-33(28-48)8-7-15-44(45)50(43)42-14-6-3-11-37(42)38-25-31(17-18-32(38)27-47)30-19-21-34(22-20-30)49-40-12-4-1-9-35(40)36-10-2-5-13-41(36)49/h1-25H. The molecule has 9 aromatic rings. The number of aromatic nitrogens is 2. The lowest BCUT2D eigenvalue weighted by atomic mass is 9.94. The summed E-state index contributed by atoms with van der Waals surface area (Å²) >= 11 is 0. The SMILES string of the molecule is N#Cc1ccc2c(c1)c1c(C#N)cccc1n2-c1ccccc1-c1cc(-c2ccc(-n3c4ccccc4c4ccccc43)cc2)ccc1C#N. The highest BCUT2D eigenvalue weighted by atomic mass is 15.0. The zero-order chi connectivity index (χ0) is 33.8. The summed E-state index contributed by atoms with van der Waals surface area (Å²) in [5, 5.41) is 34.1. The Hall–Kier alpha value is -7.39. The van der Waals surface area contributed by atoms with Crippen molar-refractivity contribution in [3.8, 4) is 51.8 Å². The third-order valence-corrected chi connectivity index (χ3v) is 9.65. The van der Waals surface area contributed by atoms with Gasteiger partial charge in [-0.2, -0.15) is 15.8 Å². The van der Waals surface area contributed by atoms with Gasteiger partial charge in [0.1, 0.15) is 0 Å². The summed E-state index contributed by atoms with van der Waals surface area (Å²) in [6, 6.07) is 57.9. The Balaban J connectivity index is 1.20. The van der Waals surface area contributed by atoms with Gasteiger partial charge in [-0.25, -0.2) is 0 Å². The van der Waals surface area contributed by atoms with Gasteiger partial charge >= 0.3 is 0 Å². The number of benzene rings is 7. The maximum Gasteiger partial charge on any atom is 0.0998 e. The van der Waals surface area contributed by atoms with Crippen molar-refractivity contribution in [2.45, 2.75) is 0 Å². The van der Waals surface area contributed by atoms with Crippen LogP contribution >= 0.6 is 0 Å². The van der Waals surface area contributed by atoms with Crippen LogP contribution in [0.25, 0.3) is 77.2 Å². The van der Waals surface area contributed by atoms with Gasteiger partial charge < -0.3 is 9.13 Å². The Morgan fingerprint density at radius 2 is 1.04 bits per heavy atom. The number of hydrogen-bond acceptors (Lipinski definition) is 3. The summed E-state index contributed by atoms with van der Waals surface area (Å²) in [6.45, 7) is 0. The molecule has 0 atom stereocenters.